The molecule has 3 nitrogen and oxygen atoms in total. The molecule has 0 radical (unpaired) electrons. The van der Waals surface area contributed by atoms with Crippen molar-refractivity contribution in [3.63, 3.8) is 0 Å². The van der Waals surface area contributed by atoms with Gasteiger partial charge in [0.25, 0.3) is 0 Å². The van der Waals surface area contributed by atoms with E-state index in [1.54, 1.807) is 7.11 Å². The Balaban J connectivity index is 3.09. The van der Waals surface area contributed by atoms with E-state index in [4.69, 9.17) is 22.1 Å². The second kappa shape index (κ2) is 7.13. The first-order chi connectivity index (χ1) is 8.96. The molecule has 0 bridgehead atoms. The monoisotopic (exact) mass is 285 g/mol. The number of aliphatic hydroxyl groups is 1. The first kappa shape index (κ1) is 16.3. The standard InChI is InChI=1S/C15H24ClNO2/c1-9(12(7-17)8-18)5-13-11(3)15(16)10(2)6-14(13)19-4/h6,9,12,18H,5,7-8,17H2,1-4H3. The molecule has 3 N–H and O–H groups in total. The van der Waals surface area contributed by atoms with Crippen molar-refractivity contribution in [3.8, 4) is 5.75 Å². The van der Waals surface area contributed by atoms with Crippen LogP contribution >= 0.6 is 11.6 Å². The molecule has 0 spiro atoms. The molecule has 0 saturated carbocycles. The van der Waals surface area contributed by atoms with Crippen LogP contribution in [0.15, 0.2) is 6.07 Å². The van der Waals surface area contributed by atoms with Gasteiger partial charge in [0, 0.05) is 11.6 Å². The van der Waals surface area contributed by atoms with Gasteiger partial charge in [-0.15, -0.1) is 0 Å². The van der Waals surface area contributed by atoms with Crippen molar-refractivity contribution < 1.29 is 9.84 Å². The normalized spacial score (nSPS) is 14.3. The van der Waals surface area contributed by atoms with E-state index in [1.165, 1.54) is 0 Å². The lowest BCUT2D eigenvalue weighted by molar-refractivity contribution is 0.186. The molecule has 0 fully saturated rings. The predicted octanol–water partition coefficient (Wildman–Crippen LogP) is 2.71. The SMILES string of the molecule is COc1cc(C)c(Cl)c(C)c1CC(C)C(CN)CO. The van der Waals surface area contributed by atoms with Gasteiger partial charge in [0.2, 0.25) is 0 Å². The van der Waals surface area contributed by atoms with Crippen LogP contribution < -0.4 is 10.5 Å². The second-order valence-corrected chi connectivity index (χ2v) is 5.55. The Morgan fingerprint density at radius 3 is 2.53 bits per heavy atom. The highest BCUT2D eigenvalue weighted by atomic mass is 35.5. The number of nitrogens with two attached hydrogens (primary N) is 1. The maximum Gasteiger partial charge on any atom is 0.122 e. The molecule has 1 rings (SSSR count). The van der Waals surface area contributed by atoms with Crippen molar-refractivity contribution in [1.29, 1.82) is 0 Å². The summed E-state index contributed by atoms with van der Waals surface area (Å²) in [6.45, 7) is 6.68. The minimum Gasteiger partial charge on any atom is -0.496 e. The molecule has 2 unspecified atom stereocenters. The van der Waals surface area contributed by atoms with Gasteiger partial charge in [-0.3, -0.25) is 0 Å². The maximum atomic E-state index is 9.33. The molecule has 4 heteroatoms. The van der Waals surface area contributed by atoms with Crippen molar-refractivity contribution in [1.82, 2.24) is 0 Å². The average molecular weight is 286 g/mol. The highest BCUT2D eigenvalue weighted by Crippen LogP contribution is 2.34. The van der Waals surface area contributed by atoms with Gasteiger partial charge in [-0.25, -0.2) is 0 Å². The molecule has 0 amide bonds. The van der Waals surface area contributed by atoms with Gasteiger partial charge in [-0.2, -0.15) is 0 Å². The summed E-state index contributed by atoms with van der Waals surface area (Å²) < 4.78 is 5.46. The molecule has 0 heterocycles. The molecule has 1 aromatic carbocycles. The van der Waals surface area contributed by atoms with Gasteiger partial charge in [0.05, 0.1) is 7.11 Å². The number of hydrogen-bond donors (Lipinski definition) is 2. The van der Waals surface area contributed by atoms with Crippen LogP contribution in [-0.4, -0.2) is 25.4 Å². The lowest BCUT2D eigenvalue weighted by atomic mass is 9.86. The molecule has 0 saturated heterocycles. The molecule has 0 aliphatic heterocycles. The number of benzene rings is 1. The quantitative estimate of drug-likeness (QED) is 0.845. The van der Waals surface area contributed by atoms with E-state index in [9.17, 15) is 5.11 Å². The van der Waals surface area contributed by atoms with Gasteiger partial charge in [-0.05, 0) is 61.4 Å². The van der Waals surface area contributed by atoms with E-state index >= 15 is 0 Å². The van der Waals surface area contributed by atoms with Gasteiger partial charge < -0.3 is 15.6 Å². The van der Waals surface area contributed by atoms with E-state index in [0.29, 0.717) is 6.54 Å². The van der Waals surface area contributed by atoms with E-state index in [2.05, 4.69) is 6.92 Å². The minimum absolute atomic E-state index is 0.101. The Kier molecular flexibility index (Phi) is 6.11. The van der Waals surface area contributed by atoms with Crippen LogP contribution in [0.25, 0.3) is 0 Å². The Morgan fingerprint density at radius 2 is 2.05 bits per heavy atom. The van der Waals surface area contributed by atoms with Crippen LogP contribution in [-0.2, 0) is 6.42 Å². The zero-order valence-electron chi connectivity index (χ0n) is 12.2. The van der Waals surface area contributed by atoms with Gasteiger partial charge in [-0.1, -0.05) is 18.5 Å². The number of aliphatic hydroxyl groups excluding tert-OH is 1. The Bertz CT molecular complexity index is 431. The Hall–Kier alpha value is -0.770. The topological polar surface area (TPSA) is 55.5 Å². The van der Waals surface area contributed by atoms with Gasteiger partial charge in [0.15, 0.2) is 0 Å². The first-order valence-corrected chi connectivity index (χ1v) is 6.97. The lowest BCUT2D eigenvalue weighted by Crippen LogP contribution is -2.26. The summed E-state index contributed by atoms with van der Waals surface area (Å²) in [4.78, 5) is 0. The number of halogens is 1. The largest absolute Gasteiger partial charge is 0.496 e. The number of rotatable bonds is 6. The van der Waals surface area contributed by atoms with E-state index in [-0.39, 0.29) is 18.4 Å². The average Bonchev–Trinajstić information content (AvgIpc) is 2.40. The van der Waals surface area contributed by atoms with E-state index in [1.807, 2.05) is 19.9 Å². The van der Waals surface area contributed by atoms with Crippen molar-refractivity contribution in [2.45, 2.75) is 27.2 Å². The summed E-state index contributed by atoms with van der Waals surface area (Å²) >= 11 is 6.31. The first-order valence-electron chi connectivity index (χ1n) is 6.59. The molecule has 0 aliphatic rings. The molecule has 108 valence electrons. The number of hydrogen-bond acceptors (Lipinski definition) is 3. The third-order valence-electron chi connectivity index (χ3n) is 3.86. The Morgan fingerprint density at radius 1 is 1.42 bits per heavy atom. The minimum atomic E-state index is 0.101. The maximum absolute atomic E-state index is 9.33. The summed E-state index contributed by atoms with van der Waals surface area (Å²) in [6.07, 6.45) is 0.803. The van der Waals surface area contributed by atoms with Crippen molar-refractivity contribution >= 4 is 11.6 Å². The van der Waals surface area contributed by atoms with Crippen molar-refractivity contribution in [2.24, 2.45) is 17.6 Å². The third kappa shape index (κ3) is 3.62. The highest BCUT2D eigenvalue weighted by Gasteiger charge is 2.20. The molecule has 2 atom stereocenters. The smallest absolute Gasteiger partial charge is 0.122 e. The molecule has 19 heavy (non-hydrogen) atoms. The van der Waals surface area contributed by atoms with Crippen LogP contribution in [0.2, 0.25) is 5.02 Å². The van der Waals surface area contributed by atoms with Crippen LogP contribution in [0.5, 0.6) is 5.75 Å². The van der Waals surface area contributed by atoms with E-state index in [0.717, 1.165) is 33.9 Å². The third-order valence-corrected chi connectivity index (χ3v) is 4.44. The highest BCUT2D eigenvalue weighted by molar-refractivity contribution is 6.32. The molecular weight excluding hydrogens is 262 g/mol. The molecule has 0 aromatic heterocycles. The van der Waals surface area contributed by atoms with Crippen LogP contribution in [0, 0.1) is 25.7 Å². The lowest BCUT2D eigenvalue weighted by Gasteiger charge is -2.23. The number of ether oxygens (including phenoxy) is 1. The molecule has 1 aromatic rings. The fraction of sp³-hybridized carbons (Fsp3) is 0.600. The van der Waals surface area contributed by atoms with Gasteiger partial charge in [0.1, 0.15) is 5.75 Å². The summed E-state index contributed by atoms with van der Waals surface area (Å²) in [7, 11) is 1.67. The molecular formula is C15H24ClNO2. The second-order valence-electron chi connectivity index (χ2n) is 5.17. The fourth-order valence-corrected chi connectivity index (χ4v) is 2.54. The molecule has 0 aliphatic carbocycles. The van der Waals surface area contributed by atoms with Crippen LogP contribution in [0.3, 0.4) is 0 Å². The van der Waals surface area contributed by atoms with Crippen LogP contribution in [0.4, 0.5) is 0 Å². The predicted molar refractivity (Wildman–Crippen MR) is 80.0 cm³/mol. The number of methoxy groups -OCH3 is 1. The summed E-state index contributed by atoms with van der Waals surface area (Å²) in [5.41, 5.74) is 8.87. The number of aryl methyl sites for hydroxylation is 1. The summed E-state index contributed by atoms with van der Waals surface area (Å²) in [5.74, 6) is 1.24. The van der Waals surface area contributed by atoms with Gasteiger partial charge >= 0.3 is 0 Å². The summed E-state index contributed by atoms with van der Waals surface area (Å²) in [6, 6.07) is 1.97. The Labute approximate surface area is 120 Å². The van der Waals surface area contributed by atoms with E-state index < -0.39 is 0 Å². The van der Waals surface area contributed by atoms with Crippen molar-refractivity contribution in [3.05, 3.63) is 27.8 Å². The zero-order valence-corrected chi connectivity index (χ0v) is 12.9. The fourth-order valence-electron chi connectivity index (χ4n) is 2.37. The zero-order chi connectivity index (χ0) is 14.6. The summed E-state index contributed by atoms with van der Waals surface area (Å²) in [5, 5.41) is 10.1. The van der Waals surface area contributed by atoms with Crippen molar-refractivity contribution in [2.75, 3.05) is 20.3 Å². The van der Waals surface area contributed by atoms with Crippen LogP contribution in [0.1, 0.15) is 23.6 Å².